The van der Waals surface area contributed by atoms with E-state index in [1.54, 1.807) is 6.08 Å². The van der Waals surface area contributed by atoms with Gasteiger partial charge < -0.3 is 10.2 Å². The van der Waals surface area contributed by atoms with Crippen LogP contribution in [0.25, 0.3) is 0 Å². The molecule has 2 aromatic rings. The molecule has 1 atom stereocenters. The zero-order chi connectivity index (χ0) is 19.3. The number of Topliss-reactive ketones (excluding diaryl/α,β-unsaturated/α-hetero) is 1. The van der Waals surface area contributed by atoms with E-state index in [0.29, 0.717) is 17.1 Å². The van der Waals surface area contributed by atoms with E-state index in [0.717, 1.165) is 16.8 Å². The third-order valence-electron chi connectivity index (χ3n) is 4.36. The number of thiocarbonyl (C=S) groups is 1. The first-order valence-corrected chi connectivity index (χ1v) is 8.94. The molecule has 0 aliphatic carbocycles. The minimum atomic E-state index is -0.594. The molecule has 1 heterocycles. The number of aromatic nitrogens is 1. The fourth-order valence-electron chi connectivity index (χ4n) is 2.61. The quantitative estimate of drug-likeness (QED) is 0.352. The Hall–Kier alpha value is -2.53. The molecule has 4 nitrogen and oxygen atoms in total. The molecule has 1 N–H and O–H groups in total. The van der Waals surface area contributed by atoms with E-state index in [1.165, 1.54) is 0 Å². The summed E-state index contributed by atoms with van der Waals surface area (Å²) in [6.45, 7) is 8.26. The van der Waals surface area contributed by atoms with Gasteiger partial charge in [0, 0.05) is 44.0 Å². The van der Waals surface area contributed by atoms with Gasteiger partial charge in [0.05, 0.1) is 0 Å². The Bertz CT molecular complexity index is 813. The summed E-state index contributed by atoms with van der Waals surface area (Å²) in [5.74, 6) is -0.0303. The van der Waals surface area contributed by atoms with Gasteiger partial charge in [0.1, 0.15) is 0 Å². The number of nitrogens with zero attached hydrogens (tertiary/aromatic N) is 2. The molecule has 136 valence electrons. The highest BCUT2D eigenvalue weighted by atomic mass is 32.1. The summed E-state index contributed by atoms with van der Waals surface area (Å²) in [5, 5.41) is 3.11. The number of hydrogen-bond donors (Lipinski definition) is 1. The molecule has 0 saturated carbocycles. The van der Waals surface area contributed by atoms with Crippen LogP contribution in [-0.2, 0) is 0 Å². The summed E-state index contributed by atoms with van der Waals surface area (Å²) in [4.78, 5) is 15.7. The summed E-state index contributed by atoms with van der Waals surface area (Å²) in [7, 11) is 3.96. The van der Waals surface area contributed by atoms with Gasteiger partial charge in [0.25, 0.3) is 6.04 Å². The molecule has 0 aliphatic heterocycles. The molecule has 5 heteroatoms. The smallest absolute Gasteiger partial charge is 0.270 e. The third kappa shape index (κ3) is 4.55. The zero-order valence-electron chi connectivity index (χ0n) is 15.8. The number of anilines is 1. The van der Waals surface area contributed by atoms with E-state index in [9.17, 15) is 4.79 Å². The predicted octanol–water partition coefficient (Wildman–Crippen LogP) is 3.18. The van der Waals surface area contributed by atoms with Crippen LogP contribution in [0.2, 0.25) is 0 Å². The van der Waals surface area contributed by atoms with Crippen molar-refractivity contribution in [1.82, 2.24) is 5.32 Å². The van der Waals surface area contributed by atoms with Crippen molar-refractivity contribution in [1.29, 1.82) is 0 Å². The molecule has 0 saturated heterocycles. The van der Waals surface area contributed by atoms with Gasteiger partial charge in [-0.1, -0.05) is 30.4 Å². The van der Waals surface area contributed by atoms with Crippen LogP contribution in [0.4, 0.5) is 5.69 Å². The highest BCUT2D eigenvalue weighted by Gasteiger charge is 2.33. The van der Waals surface area contributed by atoms with E-state index in [-0.39, 0.29) is 5.78 Å². The molecule has 1 aromatic heterocycles. The zero-order valence-corrected chi connectivity index (χ0v) is 16.6. The number of aryl methyl sites for hydroxylation is 2. The number of hydrogen-bond acceptors (Lipinski definition) is 3. The molecule has 0 aliphatic rings. The lowest BCUT2D eigenvalue weighted by atomic mass is 9.99. The van der Waals surface area contributed by atoms with Crippen molar-refractivity contribution in [3.05, 3.63) is 72.1 Å². The Morgan fingerprint density at radius 2 is 1.88 bits per heavy atom. The Morgan fingerprint density at radius 3 is 2.42 bits per heavy atom. The molecule has 1 aromatic carbocycles. The summed E-state index contributed by atoms with van der Waals surface area (Å²) in [6.07, 6.45) is 5.51. The van der Waals surface area contributed by atoms with E-state index in [2.05, 4.69) is 11.9 Å². The largest absolute Gasteiger partial charge is 0.377 e. The number of rotatable bonds is 7. The third-order valence-corrected chi connectivity index (χ3v) is 4.73. The van der Waals surface area contributed by atoms with Crippen molar-refractivity contribution in [3.63, 3.8) is 0 Å². The number of carbonyl (C=O) groups excluding carboxylic acids is 1. The van der Waals surface area contributed by atoms with Gasteiger partial charge >= 0.3 is 0 Å². The molecule has 2 rings (SSSR count). The Labute approximate surface area is 161 Å². The van der Waals surface area contributed by atoms with Crippen molar-refractivity contribution in [2.75, 3.05) is 25.5 Å². The Balaban J connectivity index is 2.42. The van der Waals surface area contributed by atoms with Crippen LogP contribution in [0.5, 0.6) is 0 Å². The van der Waals surface area contributed by atoms with Gasteiger partial charge in [-0.05, 0) is 31.0 Å². The molecule has 0 amide bonds. The van der Waals surface area contributed by atoms with E-state index in [4.69, 9.17) is 12.2 Å². The maximum absolute atomic E-state index is 13.2. The number of carbonyl (C=O) groups is 1. The first-order chi connectivity index (χ1) is 12.3. The van der Waals surface area contributed by atoms with Crippen molar-refractivity contribution < 1.29 is 9.36 Å². The van der Waals surface area contributed by atoms with Crippen LogP contribution in [0.3, 0.4) is 0 Å². The maximum Gasteiger partial charge on any atom is 0.270 e. The average molecular weight is 369 g/mol. The molecule has 0 bridgehead atoms. The monoisotopic (exact) mass is 368 g/mol. The first kappa shape index (κ1) is 19.8. The highest BCUT2D eigenvalue weighted by molar-refractivity contribution is 7.80. The van der Waals surface area contributed by atoms with Crippen molar-refractivity contribution in [2.24, 2.45) is 0 Å². The van der Waals surface area contributed by atoms with Crippen LogP contribution >= 0.6 is 12.2 Å². The first-order valence-electron chi connectivity index (χ1n) is 8.53. The lowest BCUT2D eigenvalue weighted by molar-refractivity contribution is -0.692. The van der Waals surface area contributed by atoms with Crippen LogP contribution in [0, 0.1) is 13.8 Å². The van der Waals surface area contributed by atoms with Gasteiger partial charge in [-0.15, -0.1) is 6.58 Å². The fourth-order valence-corrected chi connectivity index (χ4v) is 2.92. The van der Waals surface area contributed by atoms with E-state index in [1.807, 2.05) is 80.1 Å². The fraction of sp³-hybridized carbons (Fsp3) is 0.286. The Kier molecular flexibility index (Phi) is 6.64. The van der Waals surface area contributed by atoms with Crippen molar-refractivity contribution in [3.8, 4) is 0 Å². The van der Waals surface area contributed by atoms with Gasteiger partial charge in [-0.3, -0.25) is 4.79 Å². The molecule has 0 unspecified atom stereocenters. The number of nitrogens with one attached hydrogen (secondary N) is 1. The van der Waals surface area contributed by atoms with Gasteiger partial charge in [0.2, 0.25) is 5.78 Å². The molecular formula is C21H26N3OS+. The summed E-state index contributed by atoms with van der Waals surface area (Å²) in [5.41, 5.74) is 3.97. The average Bonchev–Trinajstić information content (AvgIpc) is 2.62. The standard InChI is InChI=1S/C21H25N3OS/c1-6-11-22-21(26)19(24-12-9-18(10-13-24)23(4)5)20(25)17-8-7-15(2)16(3)14-17/h6-10,12-14,19H,1,11H2,2-5H3/p+1/t19-/m0/s1. The number of benzene rings is 1. The highest BCUT2D eigenvalue weighted by Crippen LogP contribution is 2.16. The second-order valence-electron chi connectivity index (χ2n) is 6.50. The van der Waals surface area contributed by atoms with Crippen LogP contribution in [0.15, 0.2) is 55.4 Å². The molecule has 0 spiro atoms. The van der Waals surface area contributed by atoms with Gasteiger partial charge in [-0.25, -0.2) is 0 Å². The topological polar surface area (TPSA) is 36.2 Å². The normalized spacial score (nSPS) is 11.5. The number of pyridine rings is 1. The van der Waals surface area contributed by atoms with Crippen LogP contribution in [0.1, 0.15) is 27.5 Å². The Morgan fingerprint density at radius 1 is 1.23 bits per heavy atom. The lowest BCUT2D eigenvalue weighted by Crippen LogP contribution is -2.51. The summed E-state index contributed by atoms with van der Waals surface area (Å²) >= 11 is 5.53. The maximum atomic E-state index is 13.2. The predicted molar refractivity (Wildman–Crippen MR) is 111 cm³/mol. The van der Waals surface area contributed by atoms with Crippen molar-refractivity contribution >= 4 is 28.7 Å². The number of ketones is 1. The minimum Gasteiger partial charge on any atom is -0.377 e. The molecule has 26 heavy (non-hydrogen) atoms. The van der Waals surface area contributed by atoms with Gasteiger partial charge in [-0.2, -0.15) is 4.57 Å². The summed E-state index contributed by atoms with van der Waals surface area (Å²) < 4.78 is 1.85. The van der Waals surface area contributed by atoms with Gasteiger partial charge in [0.15, 0.2) is 17.4 Å². The lowest BCUT2D eigenvalue weighted by Gasteiger charge is -2.16. The minimum absolute atomic E-state index is 0.0303. The van der Waals surface area contributed by atoms with Crippen LogP contribution in [-0.4, -0.2) is 31.4 Å². The molecular weight excluding hydrogens is 342 g/mol. The molecule has 0 radical (unpaired) electrons. The van der Waals surface area contributed by atoms with E-state index < -0.39 is 6.04 Å². The van der Waals surface area contributed by atoms with E-state index >= 15 is 0 Å². The van der Waals surface area contributed by atoms with Crippen LogP contribution < -0.4 is 14.8 Å². The SMILES string of the molecule is C=CCNC(=S)[C@H](C(=O)c1ccc(C)c(C)c1)[n+]1ccc(N(C)C)cc1. The second-order valence-corrected chi connectivity index (χ2v) is 6.94. The second kappa shape index (κ2) is 8.72. The van der Waals surface area contributed by atoms with Crippen molar-refractivity contribution in [2.45, 2.75) is 19.9 Å². The summed E-state index contributed by atoms with van der Waals surface area (Å²) in [6, 6.07) is 9.11. The molecule has 0 fully saturated rings.